The van der Waals surface area contributed by atoms with Crippen LogP contribution in [0.5, 0.6) is 5.75 Å². The second-order valence-electron chi connectivity index (χ2n) is 5.06. The van der Waals surface area contributed by atoms with Crippen LogP contribution in [0, 0.1) is 15.9 Å². The van der Waals surface area contributed by atoms with Crippen molar-refractivity contribution in [2.24, 2.45) is 0 Å². The lowest BCUT2D eigenvalue weighted by Gasteiger charge is -2.29. The zero-order valence-electron chi connectivity index (χ0n) is 12.3. The summed E-state index contributed by atoms with van der Waals surface area (Å²) in [5, 5.41) is 10.6. The van der Waals surface area contributed by atoms with Crippen LogP contribution in [0.2, 0.25) is 0 Å². The van der Waals surface area contributed by atoms with E-state index in [1.54, 1.807) is 6.07 Å². The van der Waals surface area contributed by atoms with E-state index >= 15 is 0 Å². The molecule has 0 bridgehead atoms. The highest BCUT2D eigenvalue weighted by molar-refractivity contribution is 7.49. The fourth-order valence-electron chi connectivity index (χ4n) is 2.25. The largest absolute Gasteiger partial charge is 0.530 e. The van der Waals surface area contributed by atoms with Gasteiger partial charge in [0.2, 0.25) is 0 Å². The van der Waals surface area contributed by atoms with Crippen molar-refractivity contribution in [1.82, 2.24) is 0 Å². The summed E-state index contributed by atoms with van der Waals surface area (Å²) in [4.78, 5) is 10.1. The molecular weight excluding hydrogens is 340 g/mol. The Morgan fingerprint density at radius 3 is 2.67 bits per heavy atom. The summed E-state index contributed by atoms with van der Waals surface area (Å²) in [6, 6.07) is 10.8. The lowest BCUT2D eigenvalue weighted by atomic mass is 10.1. The maximum absolute atomic E-state index is 13.3. The molecule has 0 aromatic heterocycles. The molecule has 0 radical (unpaired) electrons. The molecule has 3 rings (SSSR count). The minimum atomic E-state index is -3.90. The first-order valence-corrected chi connectivity index (χ1v) is 8.54. The molecule has 9 heteroatoms. The van der Waals surface area contributed by atoms with Crippen molar-refractivity contribution in [3.05, 3.63) is 70.0 Å². The first-order valence-electron chi connectivity index (χ1n) is 7.08. The monoisotopic (exact) mass is 353 g/mol. The molecule has 0 aliphatic carbocycles. The summed E-state index contributed by atoms with van der Waals surface area (Å²) in [6.45, 7) is 0.117. The molecule has 1 heterocycles. The van der Waals surface area contributed by atoms with Crippen molar-refractivity contribution < 1.29 is 27.5 Å². The van der Waals surface area contributed by atoms with Gasteiger partial charge in [-0.05, 0) is 29.8 Å². The fraction of sp³-hybridized carbons (Fsp3) is 0.200. The van der Waals surface area contributed by atoms with Crippen molar-refractivity contribution >= 4 is 13.5 Å². The minimum Gasteiger partial charge on any atom is -0.404 e. The van der Waals surface area contributed by atoms with Crippen LogP contribution in [0.1, 0.15) is 18.1 Å². The summed E-state index contributed by atoms with van der Waals surface area (Å²) in [5.41, 5.74) is 0.412. The summed E-state index contributed by atoms with van der Waals surface area (Å²) >= 11 is 0. The van der Waals surface area contributed by atoms with Crippen molar-refractivity contribution in [3.63, 3.8) is 0 Å². The standard InChI is InChI=1S/C15H13FNO6P/c16-12-3-1-2-11(10-12)15-8-9-21-24(20,23-15)22-14-6-4-13(5-7-14)17(18)19/h1-7,10,15H,8-9H2. The van der Waals surface area contributed by atoms with Crippen molar-refractivity contribution in [3.8, 4) is 5.75 Å². The van der Waals surface area contributed by atoms with Crippen molar-refractivity contribution in [2.45, 2.75) is 12.5 Å². The van der Waals surface area contributed by atoms with Crippen LogP contribution < -0.4 is 4.52 Å². The number of benzene rings is 2. The first-order chi connectivity index (χ1) is 11.5. The van der Waals surface area contributed by atoms with E-state index in [0.717, 1.165) is 0 Å². The van der Waals surface area contributed by atoms with Crippen LogP contribution in [0.4, 0.5) is 10.1 Å². The maximum atomic E-state index is 13.3. The van der Waals surface area contributed by atoms with E-state index in [1.807, 2.05) is 0 Å². The van der Waals surface area contributed by atoms with Crippen LogP contribution in [0.15, 0.2) is 48.5 Å². The lowest BCUT2D eigenvalue weighted by Crippen LogP contribution is -2.16. The number of rotatable bonds is 4. The molecule has 2 aromatic carbocycles. The Labute approximate surface area is 136 Å². The van der Waals surface area contributed by atoms with Gasteiger partial charge in [0.05, 0.1) is 17.6 Å². The SMILES string of the molecule is O=[N+]([O-])c1ccc(OP2(=O)OCCC(c3cccc(F)c3)O2)cc1. The maximum Gasteiger partial charge on any atom is 0.530 e. The number of hydrogen-bond donors (Lipinski definition) is 0. The van der Waals surface area contributed by atoms with Crippen LogP contribution >= 0.6 is 7.82 Å². The number of non-ortho nitro benzene ring substituents is 1. The Morgan fingerprint density at radius 2 is 2.00 bits per heavy atom. The zero-order chi connectivity index (χ0) is 17.2. The van der Waals surface area contributed by atoms with Gasteiger partial charge in [-0.15, -0.1) is 0 Å². The van der Waals surface area contributed by atoms with Gasteiger partial charge in [0.25, 0.3) is 5.69 Å². The molecule has 24 heavy (non-hydrogen) atoms. The van der Waals surface area contributed by atoms with Crippen molar-refractivity contribution in [2.75, 3.05) is 6.61 Å². The molecular formula is C15H13FNO6P. The molecule has 1 saturated heterocycles. The number of nitro groups is 1. The summed E-state index contributed by atoms with van der Waals surface area (Å²) < 4.78 is 41.7. The predicted molar refractivity (Wildman–Crippen MR) is 82.1 cm³/mol. The van der Waals surface area contributed by atoms with Crippen LogP contribution in [-0.4, -0.2) is 11.5 Å². The van der Waals surface area contributed by atoms with E-state index in [4.69, 9.17) is 13.6 Å². The van der Waals surface area contributed by atoms with Gasteiger partial charge in [-0.1, -0.05) is 12.1 Å². The Balaban J connectivity index is 1.75. The van der Waals surface area contributed by atoms with Gasteiger partial charge in [-0.25, -0.2) is 8.96 Å². The smallest absolute Gasteiger partial charge is 0.404 e. The average Bonchev–Trinajstić information content (AvgIpc) is 2.55. The third-order valence-electron chi connectivity index (χ3n) is 3.37. The Kier molecular flexibility index (Phi) is 4.62. The zero-order valence-corrected chi connectivity index (χ0v) is 13.2. The number of halogens is 1. The lowest BCUT2D eigenvalue weighted by molar-refractivity contribution is -0.384. The topological polar surface area (TPSA) is 87.9 Å². The highest BCUT2D eigenvalue weighted by Gasteiger charge is 2.37. The molecule has 2 aromatic rings. The highest BCUT2D eigenvalue weighted by atomic mass is 31.2. The van der Waals surface area contributed by atoms with Gasteiger partial charge < -0.3 is 4.52 Å². The third-order valence-corrected chi connectivity index (χ3v) is 4.82. The first kappa shape index (κ1) is 16.6. The van der Waals surface area contributed by atoms with Crippen LogP contribution in [0.3, 0.4) is 0 Å². The predicted octanol–water partition coefficient (Wildman–Crippen LogP) is 4.40. The van der Waals surface area contributed by atoms with E-state index in [0.29, 0.717) is 12.0 Å². The Morgan fingerprint density at radius 1 is 1.25 bits per heavy atom. The van der Waals surface area contributed by atoms with E-state index < -0.39 is 24.7 Å². The number of phosphoric ester groups is 1. The van der Waals surface area contributed by atoms with E-state index in [-0.39, 0.29) is 18.0 Å². The summed E-state index contributed by atoms with van der Waals surface area (Å²) in [7, 11) is -3.90. The van der Waals surface area contributed by atoms with E-state index in [9.17, 15) is 19.1 Å². The molecule has 2 atom stereocenters. The molecule has 0 spiro atoms. The second kappa shape index (κ2) is 6.68. The number of nitro benzene ring substituents is 1. The van der Waals surface area contributed by atoms with E-state index in [1.165, 1.54) is 42.5 Å². The quantitative estimate of drug-likeness (QED) is 0.460. The molecule has 0 N–H and O–H groups in total. The van der Waals surface area contributed by atoms with Crippen LogP contribution in [-0.2, 0) is 13.6 Å². The molecule has 0 saturated carbocycles. The Bertz CT molecular complexity index is 797. The van der Waals surface area contributed by atoms with Crippen LogP contribution in [0.25, 0.3) is 0 Å². The second-order valence-corrected chi connectivity index (χ2v) is 6.61. The summed E-state index contributed by atoms with van der Waals surface area (Å²) in [5.74, 6) is -0.308. The van der Waals surface area contributed by atoms with Crippen molar-refractivity contribution in [1.29, 1.82) is 0 Å². The molecule has 7 nitrogen and oxygen atoms in total. The molecule has 0 amide bonds. The normalized spacial score (nSPS) is 23.6. The Hall–Kier alpha value is -2.28. The molecule has 1 fully saturated rings. The highest BCUT2D eigenvalue weighted by Crippen LogP contribution is 2.56. The molecule has 1 aliphatic rings. The average molecular weight is 353 g/mol. The number of nitrogens with zero attached hydrogens (tertiary/aromatic N) is 1. The number of hydrogen-bond acceptors (Lipinski definition) is 6. The van der Waals surface area contributed by atoms with Gasteiger partial charge in [0.1, 0.15) is 11.6 Å². The minimum absolute atomic E-state index is 0.115. The van der Waals surface area contributed by atoms with Gasteiger partial charge in [-0.2, -0.15) is 0 Å². The molecule has 2 unspecified atom stereocenters. The number of phosphoric acid groups is 1. The molecule has 126 valence electrons. The summed E-state index contributed by atoms with van der Waals surface area (Å²) in [6.07, 6.45) is -0.227. The van der Waals surface area contributed by atoms with Gasteiger partial charge >= 0.3 is 7.82 Å². The third kappa shape index (κ3) is 3.79. The van der Waals surface area contributed by atoms with Gasteiger partial charge in [-0.3, -0.25) is 19.2 Å². The van der Waals surface area contributed by atoms with Gasteiger partial charge in [0.15, 0.2) is 0 Å². The van der Waals surface area contributed by atoms with E-state index in [2.05, 4.69) is 0 Å². The molecule has 1 aliphatic heterocycles. The fourth-order valence-corrected chi connectivity index (χ4v) is 3.65. The van der Waals surface area contributed by atoms with Gasteiger partial charge in [0, 0.05) is 18.6 Å².